The van der Waals surface area contributed by atoms with E-state index in [2.05, 4.69) is 15.3 Å². The lowest BCUT2D eigenvalue weighted by atomic mass is 10.2. The Kier molecular flexibility index (Phi) is 5.31. The van der Waals surface area contributed by atoms with Crippen LogP contribution in [0.25, 0.3) is 11.0 Å². The van der Waals surface area contributed by atoms with Crippen LogP contribution in [0.2, 0.25) is 0 Å². The predicted molar refractivity (Wildman–Crippen MR) is 102 cm³/mol. The summed E-state index contributed by atoms with van der Waals surface area (Å²) in [5.74, 6) is 0.468. The molecule has 0 atom stereocenters. The molecule has 0 bridgehead atoms. The van der Waals surface area contributed by atoms with E-state index in [4.69, 9.17) is 0 Å². The highest BCUT2D eigenvalue weighted by molar-refractivity contribution is 5.94. The SMILES string of the molecule is Cc1ccc(NC(=O)CN(C)C(=O)CCc2nc3ccccc3[nH]2)cc1. The van der Waals surface area contributed by atoms with Crippen molar-refractivity contribution in [3.63, 3.8) is 0 Å². The van der Waals surface area contributed by atoms with Gasteiger partial charge in [-0.15, -0.1) is 0 Å². The van der Waals surface area contributed by atoms with E-state index >= 15 is 0 Å². The summed E-state index contributed by atoms with van der Waals surface area (Å²) in [6.07, 6.45) is 0.811. The number of aryl methyl sites for hydroxylation is 2. The number of nitrogens with one attached hydrogen (secondary N) is 2. The van der Waals surface area contributed by atoms with E-state index in [1.807, 2.05) is 55.5 Å². The molecule has 0 saturated heterocycles. The van der Waals surface area contributed by atoms with E-state index in [0.29, 0.717) is 12.8 Å². The fourth-order valence-electron chi connectivity index (χ4n) is 2.68. The summed E-state index contributed by atoms with van der Waals surface area (Å²) in [4.78, 5) is 33.5. The molecule has 1 heterocycles. The monoisotopic (exact) mass is 350 g/mol. The van der Waals surface area contributed by atoms with Crippen molar-refractivity contribution >= 4 is 28.5 Å². The number of imidazole rings is 1. The normalized spacial score (nSPS) is 10.7. The number of anilines is 1. The first kappa shape index (κ1) is 17.7. The highest BCUT2D eigenvalue weighted by Crippen LogP contribution is 2.12. The van der Waals surface area contributed by atoms with Gasteiger partial charge in [-0.3, -0.25) is 9.59 Å². The summed E-state index contributed by atoms with van der Waals surface area (Å²) in [6, 6.07) is 15.3. The second-order valence-electron chi connectivity index (χ2n) is 6.36. The second kappa shape index (κ2) is 7.82. The van der Waals surface area contributed by atoms with Crippen molar-refractivity contribution in [3.8, 4) is 0 Å². The summed E-state index contributed by atoms with van der Waals surface area (Å²) in [5.41, 5.74) is 3.70. The fourth-order valence-corrected chi connectivity index (χ4v) is 2.68. The van der Waals surface area contributed by atoms with E-state index in [1.54, 1.807) is 7.05 Å². The van der Waals surface area contributed by atoms with Crippen LogP contribution in [0.3, 0.4) is 0 Å². The van der Waals surface area contributed by atoms with Gasteiger partial charge in [-0.2, -0.15) is 0 Å². The molecule has 2 aromatic carbocycles. The average molecular weight is 350 g/mol. The number of hydrogen-bond donors (Lipinski definition) is 2. The number of fused-ring (bicyclic) bond motifs is 1. The minimum absolute atomic E-state index is 0.0207. The number of amides is 2. The van der Waals surface area contributed by atoms with Crippen LogP contribution in [0.1, 0.15) is 17.8 Å². The Bertz CT molecular complexity index is 882. The van der Waals surface area contributed by atoms with Crippen molar-refractivity contribution < 1.29 is 9.59 Å². The van der Waals surface area contributed by atoms with Gasteiger partial charge in [0.2, 0.25) is 11.8 Å². The van der Waals surface area contributed by atoms with E-state index in [9.17, 15) is 9.59 Å². The Balaban J connectivity index is 1.49. The lowest BCUT2D eigenvalue weighted by Crippen LogP contribution is -2.35. The predicted octanol–water partition coefficient (Wildman–Crippen LogP) is 2.90. The Hall–Kier alpha value is -3.15. The number of para-hydroxylation sites is 2. The van der Waals surface area contributed by atoms with Gasteiger partial charge in [-0.25, -0.2) is 4.98 Å². The summed E-state index contributed by atoms with van der Waals surface area (Å²) in [6.45, 7) is 2.01. The van der Waals surface area contributed by atoms with Gasteiger partial charge in [0.15, 0.2) is 0 Å². The highest BCUT2D eigenvalue weighted by atomic mass is 16.2. The van der Waals surface area contributed by atoms with Crippen LogP contribution < -0.4 is 5.32 Å². The number of carbonyl (C=O) groups is 2. The topological polar surface area (TPSA) is 78.1 Å². The fraction of sp³-hybridized carbons (Fsp3) is 0.250. The summed E-state index contributed by atoms with van der Waals surface area (Å²) in [5, 5.41) is 2.80. The van der Waals surface area contributed by atoms with Gasteiger partial charge in [0.05, 0.1) is 17.6 Å². The van der Waals surface area contributed by atoms with Crippen molar-refractivity contribution in [3.05, 3.63) is 59.9 Å². The van der Waals surface area contributed by atoms with Gasteiger partial charge >= 0.3 is 0 Å². The molecule has 0 saturated carbocycles. The highest BCUT2D eigenvalue weighted by Gasteiger charge is 2.14. The molecule has 2 amide bonds. The molecule has 6 nitrogen and oxygen atoms in total. The zero-order chi connectivity index (χ0) is 18.5. The molecule has 0 aliphatic carbocycles. The maximum atomic E-state index is 12.3. The minimum Gasteiger partial charge on any atom is -0.342 e. The maximum Gasteiger partial charge on any atom is 0.243 e. The Morgan fingerprint density at radius 2 is 1.85 bits per heavy atom. The molecular formula is C20H22N4O2. The standard InChI is InChI=1S/C20H22N4O2/c1-14-7-9-15(10-8-14)21-19(25)13-24(2)20(26)12-11-18-22-16-5-3-4-6-17(16)23-18/h3-10H,11-13H2,1-2H3,(H,21,25)(H,22,23). The first-order valence-corrected chi connectivity index (χ1v) is 8.55. The zero-order valence-corrected chi connectivity index (χ0v) is 15.0. The summed E-state index contributed by atoms with van der Waals surface area (Å²) < 4.78 is 0. The van der Waals surface area contributed by atoms with Crippen LogP contribution in [-0.4, -0.2) is 40.3 Å². The van der Waals surface area contributed by atoms with E-state index in [0.717, 1.165) is 28.1 Å². The van der Waals surface area contributed by atoms with E-state index in [-0.39, 0.29) is 18.4 Å². The lowest BCUT2D eigenvalue weighted by Gasteiger charge is -2.16. The minimum atomic E-state index is -0.214. The quantitative estimate of drug-likeness (QED) is 0.717. The molecule has 3 rings (SSSR count). The third kappa shape index (κ3) is 4.47. The van der Waals surface area contributed by atoms with Gasteiger partial charge < -0.3 is 15.2 Å². The summed E-state index contributed by atoms with van der Waals surface area (Å²) >= 11 is 0. The van der Waals surface area contributed by atoms with Gasteiger partial charge in [0.25, 0.3) is 0 Å². The van der Waals surface area contributed by atoms with Crippen LogP contribution in [0.15, 0.2) is 48.5 Å². The van der Waals surface area contributed by atoms with Crippen LogP contribution in [0.4, 0.5) is 5.69 Å². The average Bonchev–Trinajstić information content (AvgIpc) is 3.04. The molecule has 1 aromatic heterocycles. The molecule has 0 spiro atoms. The van der Waals surface area contributed by atoms with Crippen molar-refractivity contribution in [1.82, 2.24) is 14.9 Å². The molecule has 0 radical (unpaired) electrons. The van der Waals surface area contributed by atoms with Crippen LogP contribution >= 0.6 is 0 Å². The molecule has 0 unspecified atom stereocenters. The molecule has 6 heteroatoms. The number of likely N-dealkylation sites (N-methyl/N-ethyl adjacent to an activating group) is 1. The molecule has 26 heavy (non-hydrogen) atoms. The Labute approximate surface area is 152 Å². The third-order valence-electron chi connectivity index (χ3n) is 4.16. The van der Waals surface area contributed by atoms with Crippen molar-refractivity contribution in [2.24, 2.45) is 0 Å². The molecular weight excluding hydrogens is 328 g/mol. The molecule has 3 aromatic rings. The third-order valence-corrected chi connectivity index (χ3v) is 4.16. The van der Waals surface area contributed by atoms with E-state index < -0.39 is 0 Å². The number of nitrogens with zero attached hydrogens (tertiary/aromatic N) is 2. The van der Waals surface area contributed by atoms with Gasteiger partial charge in [-0.05, 0) is 31.2 Å². The first-order chi connectivity index (χ1) is 12.5. The van der Waals surface area contributed by atoms with Crippen LogP contribution in [0, 0.1) is 6.92 Å². The van der Waals surface area contributed by atoms with Gasteiger partial charge in [0.1, 0.15) is 5.82 Å². The van der Waals surface area contributed by atoms with Gasteiger partial charge in [0, 0.05) is 25.6 Å². The number of aromatic nitrogens is 2. The number of benzene rings is 2. The number of carbonyl (C=O) groups excluding carboxylic acids is 2. The maximum absolute atomic E-state index is 12.3. The van der Waals surface area contributed by atoms with Crippen molar-refractivity contribution in [2.75, 3.05) is 18.9 Å². The Morgan fingerprint density at radius 3 is 2.58 bits per heavy atom. The van der Waals surface area contributed by atoms with Crippen LogP contribution in [-0.2, 0) is 16.0 Å². The molecule has 0 aliphatic heterocycles. The first-order valence-electron chi connectivity index (χ1n) is 8.55. The van der Waals surface area contributed by atoms with Crippen molar-refractivity contribution in [1.29, 1.82) is 0 Å². The van der Waals surface area contributed by atoms with Crippen LogP contribution in [0.5, 0.6) is 0 Å². The van der Waals surface area contributed by atoms with Gasteiger partial charge in [-0.1, -0.05) is 29.8 Å². The molecule has 2 N–H and O–H groups in total. The molecule has 0 aliphatic rings. The molecule has 134 valence electrons. The van der Waals surface area contributed by atoms with Crippen molar-refractivity contribution in [2.45, 2.75) is 19.8 Å². The lowest BCUT2D eigenvalue weighted by molar-refractivity contribution is -0.133. The number of aromatic amines is 1. The largest absolute Gasteiger partial charge is 0.342 e. The number of rotatable bonds is 6. The molecule has 0 fully saturated rings. The second-order valence-corrected chi connectivity index (χ2v) is 6.36. The summed E-state index contributed by atoms with van der Waals surface area (Å²) in [7, 11) is 1.63. The Morgan fingerprint density at radius 1 is 1.12 bits per heavy atom. The smallest absolute Gasteiger partial charge is 0.243 e. The number of H-pyrrole nitrogens is 1. The van der Waals surface area contributed by atoms with E-state index in [1.165, 1.54) is 4.90 Å². The number of hydrogen-bond acceptors (Lipinski definition) is 3. The zero-order valence-electron chi connectivity index (χ0n) is 15.0.